The van der Waals surface area contributed by atoms with Crippen LogP contribution in [0.5, 0.6) is 0 Å². The van der Waals surface area contributed by atoms with Crippen molar-refractivity contribution in [3.8, 4) is 11.8 Å². The number of carbonyl (C=O) groups excluding carboxylic acids is 1. The van der Waals surface area contributed by atoms with Crippen molar-refractivity contribution < 1.29 is 9.90 Å². The summed E-state index contributed by atoms with van der Waals surface area (Å²) in [6.07, 6.45) is 5.65. The van der Waals surface area contributed by atoms with Gasteiger partial charge in [-0.1, -0.05) is 42.7 Å². The number of amides is 2. The first-order valence-corrected chi connectivity index (χ1v) is 7.53. The standard InChI is InChI=1S/C16H19ClN2O2/c17-13-8-9-15(12(11-13)5-4-10-20)19-16(21)18-14-6-2-1-3-7-14/h8-9,11,14,20H,1-3,6-7,10H2,(H2,18,19,21). The molecule has 0 radical (unpaired) electrons. The molecule has 0 heterocycles. The van der Waals surface area contributed by atoms with E-state index in [1.54, 1.807) is 18.2 Å². The summed E-state index contributed by atoms with van der Waals surface area (Å²) in [6.45, 7) is -0.236. The van der Waals surface area contributed by atoms with Crippen LogP contribution in [-0.2, 0) is 0 Å². The molecule has 1 saturated carbocycles. The molecular weight excluding hydrogens is 288 g/mol. The van der Waals surface area contributed by atoms with Gasteiger partial charge in [0, 0.05) is 16.6 Å². The summed E-state index contributed by atoms with van der Waals surface area (Å²) in [5.41, 5.74) is 1.18. The Morgan fingerprint density at radius 2 is 2.10 bits per heavy atom. The smallest absolute Gasteiger partial charge is 0.319 e. The third-order valence-corrected chi connectivity index (χ3v) is 3.71. The molecule has 0 saturated heterocycles. The second kappa shape index (κ2) is 7.92. The number of carbonyl (C=O) groups is 1. The molecule has 1 aliphatic rings. The monoisotopic (exact) mass is 306 g/mol. The molecule has 1 aliphatic carbocycles. The van der Waals surface area contributed by atoms with Crippen LogP contribution in [0.4, 0.5) is 10.5 Å². The Kier molecular flexibility index (Phi) is 5.91. The number of hydrogen-bond donors (Lipinski definition) is 3. The molecule has 0 aliphatic heterocycles. The SMILES string of the molecule is O=C(Nc1ccc(Cl)cc1C#CCO)NC1CCCCC1. The van der Waals surface area contributed by atoms with Crippen LogP contribution in [0.3, 0.4) is 0 Å². The van der Waals surface area contributed by atoms with E-state index in [-0.39, 0.29) is 18.7 Å². The lowest BCUT2D eigenvalue weighted by atomic mass is 9.96. The van der Waals surface area contributed by atoms with E-state index >= 15 is 0 Å². The number of benzene rings is 1. The minimum absolute atomic E-state index is 0.226. The zero-order valence-corrected chi connectivity index (χ0v) is 12.5. The minimum atomic E-state index is -0.236. The number of urea groups is 1. The van der Waals surface area contributed by atoms with Gasteiger partial charge in [0.15, 0.2) is 0 Å². The van der Waals surface area contributed by atoms with Crippen molar-refractivity contribution in [3.05, 3.63) is 28.8 Å². The molecule has 1 fully saturated rings. The summed E-state index contributed by atoms with van der Waals surface area (Å²) < 4.78 is 0. The fourth-order valence-electron chi connectivity index (χ4n) is 2.45. The second-order valence-corrected chi connectivity index (χ2v) is 5.52. The molecule has 0 unspecified atom stereocenters. The Morgan fingerprint density at radius 3 is 2.81 bits per heavy atom. The van der Waals surface area contributed by atoms with Crippen LogP contribution in [0.15, 0.2) is 18.2 Å². The lowest BCUT2D eigenvalue weighted by Crippen LogP contribution is -2.39. The Labute approximate surface area is 129 Å². The highest BCUT2D eigenvalue weighted by atomic mass is 35.5. The number of anilines is 1. The van der Waals surface area contributed by atoms with Crippen LogP contribution >= 0.6 is 11.6 Å². The molecule has 0 atom stereocenters. The number of aliphatic hydroxyl groups excluding tert-OH is 1. The van der Waals surface area contributed by atoms with Crippen molar-refractivity contribution in [2.45, 2.75) is 38.1 Å². The van der Waals surface area contributed by atoms with Gasteiger partial charge >= 0.3 is 6.03 Å². The van der Waals surface area contributed by atoms with Crippen molar-refractivity contribution >= 4 is 23.3 Å². The van der Waals surface area contributed by atoms with Crippen LogP contribution in [0.2, 0.25) is 5.02 Å². The average Bonchev–Trinajstić information content (AvgIpc) is 2.48. The van der Waals surface area contributed by atoms with Gasteiger partial charge in [0.05, 0.1) is 5.69 Å². The Hall–Kier alpha value is -1.70. The van der Waals surface area contributed by atoms with E-state index in [1.807, 2.05) is 0 Å². The van der Waals surface area contributed by atoms with Gasteiger partial charge in [0.25, 0.3) is 0 Å². The molecule has 21 heavy (non-hydrogen) atoms. The number of halogens is 1. The predicted octanol–water partition coefficient (Wildman–Crippen LogP) is 3.14. The number of nitrogens with one attached hydrogen (secondary N) is 2. The van der Waals surface area contributed by atoms with Crippen LogP contribution in [-0.4, -0.2) is 23.8 Å². The van der Waals surface area contributed by atoms with E-state index in [2.05, 4.69) is 22.5 Å². The molecular formula is C16H19ClN2O2. The Morgan fingerprint density at radius 1 is 1.33 bits per heavy atom. The molecule has 0 bridgehead atoms. The molecule has 1 aromatic rings. The normalized spacial score (nSPS) is 15.0. The van der Waals surface area contributed by atoms with Crippen LogP contribution < -0.4 is 10.6 Å². The van der Waals surface area contributed by atoms with Gasteiger partial charge in [0.2, 0.25) is 0 Å². The first-order valence-electron chi connectivity index (χ1n) is 7.16. The fourth-order valence-corrected chi connectivity index (χ4v) is 2.63. The molecule has 2 amide bonds. The minimum Gasteiger partial charge on any atom is -0.384 e. The van der Waals surface area contributed by atoms with Gasteiger partial charge in [-0.2, -0.15) is 0 Å². The predicted molar refractivity (Wildman–Crippen MR) is 84.4 cm³/mol. The number of hydrogen-bond acceptors (Lipinski definition) is 2. The largest absolute Gasteiger partial charge is 0.384 e. The van der Waals surface area contributed by atoms with Crippen molar-refractivity contribution in [1.29, 1.82) is 0 Å². The Bertz CT molecular complexity index is 557. The molecule has 5 heteroatoms. The summed E-state index contributed by atoms with van der Waals surface area (Å²) in [7, 11) is 0. The second-order valence-electron chi connectivity index (χ2n) is 5.08. The molecule has 3 N–H and O–H groups in total. The van der Waals surface area contributed by atoms with Gasteiger partial charge in [-0.15, -0.1) is 0 Å². The van der Waals surface area contributed by atoms with E-state index in [0.717, 1.165) is 12.8 Å². The summed E-state index contributed by atoms with van der Waals surface area (Å²) in [5.74, 6) is 5.35. The van der Waals surface area contributed by atoms with E-state index in [1.165, 1.54) is 19.3 Å². The van der Waals surface area contributed by atoms with Crippen molar-refractivity contribution in [2.75, 3.05) is 11.9 Å². The lowest BCUT2D eigenvalue weighted by molar-refractivity contribution is 0.244. The zero-order valence-electron chi connectivity index (χ0n) is 11.8. The maximum Gasteiger partial charge on any atom is 0.319 e. The van der Waals surface area contributed by atoms with Gasteiger partial charge in [-0.05, 0) is 31.0 Å². The molecule has 1 aromatic carbocycles. The van der Waals surface area contributed by atoms with Gasteiger partial charge < -0.3 is 15.7 Å². The first-order chi connectivity index (χ1) is 10.2. The van der Waals surface area contributed by atoms with Crippen LogP contribution in [0.25, 0.3) is 0 Å². The molecule has 0 spiro atoms. The average molecular weight is 307 g/mol. The fraction of sp³-hybridized carbons (Fsp3) is 0.438. The van der Waals surface area contributed by atoms with E-state index in [0.29, 0.717) is 16.3 Å². The van der Waals surface area contributed by atoms with E-state index in [9.17, 15) is 4.79 Å². The molecule has 2 rings (SSSR count). The highest BCUT2D eigenvalue weighted by Crippen LogP contribution is 2.21. The summed E-state index contributed by atoms with van der Waals surface area (Å²) in [6, 6.07) is 5.10. The van der Waals surface area contributed by atoms with E-state index in [4.69, 9.17) is 16.7 Å². The molecule has 112 valence electrons. The van der Waals surface area contributed by atoms with Gasteiger partial charge in [-0.25, -0.2) is 4.79 Å². The van der Waals surface area contributed by atoms with Crippen LogP contribution in [0, 0.1) is 11.8 Å². The topological polar surface area (TPSA) is 61.4 Å². The van der Waals surface area contributed by atoms with Crippen molar-refractivity contribution in [1.82, 2.24) is 5.32 Å². The maximum absolute atomic E-state index is 12.0. The Balaban J connectivity index is 2.02. The number of rotatable bonds is 2. The third-order valence-electron chi connectivity index (χ3n) is 3.47. The van der Waals surface area contributed by atoms with Gasteiger partial charge in [0.1, 0.15) is 6.61 Å². The first kappa shape index (κ1) is 15.7. The molecule has 0 aromatic heterocycles. The summed E-state index contributed by atoms with van der Waals surface area (Å²) in [4.78, 5) is 12.0. The molecule has 4 nitrogen and oxygen atoms in total. The highest BCUT2D eigenvalue weighted by molar-refractivity contribution is 6.30. The maximum atomic E-state index is 12.0. The summed E-state index contributed by atoms with van der Waals surface area (Å²) >= 11 is 5.93. The van der Waals surface area contributed by atoms with Crippen molar-refractivity contribution in [2.24, 2.45) is 0 Å². The third kappa shape index (κ3) is 4.96. The van der Waals surface area contributed by atoms with E-state index < -0.39 is 0 Å². The van der Waals surface area contributed by atoms with Gasteiger partial charge in [-0.3, -0.25) is 0 Å². The van der Waals surface area contributed by atoms with Crippen molar-refractivity contribution in [3.63, 3.8) is 0 Å². The highest BCUT2D eigenvalue weighted by Gasteiger charge is 2.16. The lowest BCUT2D eigenvalue weighted by Gasteiger charge is -2.23. The quantitative estimate of drug-likeness (QED) is 0.735. The van der Waals surface area contributed by atoms with Crippen LogP contribution in [0.1, 0.15) is 37.7 Å². The number of aliphatic hydroxyl groups is 1. The zero-order chi connectivity index (χ0) is 15.1. The summed E-state index contributed by atoms with van der Waals surface area (Å²) in [5, 5.41) is 15.1.